The molecule has 0 spiro atoms. The van der Waals surface area contributed by atoms with Crippen molar-refractivity contribution < 1.29 is 24.6 Å². The molecular weight excluding hydrogens is 238 g/mol. The molecule has 100 valence electrons. The normalized spacial score (nSPS) is 20.8. The van der Waals surface area contributed by atoms with Crippen LogP contribution in [0.15, 0.2) is 12.7 Å². The fourth-order valence-electron chi connectivity index (χ4n) is 2.08. The highest BCUT2D eigenvalue weighted by atomic mass is 16.4. The Hall–Kier alpha value is -1.85. The second kappa shape index (κ2) is 6.18. The summed E-state index contributed by atoms with van der Waals surface area (Å²) in [4.78, 5) is 34.5. The predicted molar refractivity (Wildman–Crippen MR) is 62.9 cm³/mol. The molecule has 2 atom stereocenters. The molecule has 2 N–H and O–H groups in total. The molecule has 0 aromatic rings. The maximum absolute atomic E-state index is 11.7. The highest BCUT2D eigenvalue weighted by Gasteiger charge is 2.36. The lowest BCUT2D eigenvalue weighted by atomic mass is 10.1. The first kappa shape index (κ1) is 14.2. The summed E-state index contributed by atoms with van der Waals surface area (Å²) in [5, 5.41) is 17.6. The smallest absolute Gasteiger partial charge is 0.326 e. The van der Waals surface area contributed by atoms with Crippen LogP contribution < -0.4 is 0 Å². The van der Waals surface area contributed by atoms with Crippen molar-refractivity contribution in [2.75, 3.05) is 6.54 Å². The maximum atomic E-state index is 11.7. The largest absolute Gasteiger partial charge is 0.481 e. The van der Waals surface area contributed by atoms with Crippen LogP contribution in [0.3, 0.4) is 0 Å². The molecule has 1 aliphatic heterocycles. The third-order valence-corrected chi connectivity index (χ3v) is 3.05. The molecule has 1 unspecified atom stereocenters. The van der Waals surface area contributed by atoms with E-state index in [1.807, 2.05) is 0 Å². The maximum Gasteiger partial charge on any atom is 0.326 e. The number of carbonyl (C=O) groups excluding carboxylic acids is 1. The molecule has 0 aromatic heterocycles. The van der Waals surface area contributed by atoms with E-state index in [-0.39, 0.29) is 37.5 Å². The van der Waals surface area contributed by atoms with Crippen molar-refractivity contribution in [2.24, 2.45) is 5.92 Å². The summed E-state index contributed by atoms with van der Waals surface area (Å²) >= 11 is 0. The number of nitrogens with zero attached hydrogens (tertiary/aromatic N) is 1. The van der Waals surface area contributed by atoms with Crippen molar-refractivity contribution >= 4 is 17.8 Å². The van der Waals surface area contributed by atoms with Crippen LogP contribution in [0.25, 0.3) is 0 Å². The molecule has 1 saturated heterocycles. The molecule has 18 heavy (non-hydrogen) atoms. The van der Waals surface area contributed by atoms with Crippen LogP contribution >= 0.6 is 0 Å². The number of hydrogen-bond donors (Lipinski definition) is 2. The van der Waals surface area contributed by atoms with E-state index in [1.54, 1.807) is 6.08 Å². The van der Waals surface area contributed by atoms with Crippen molar-refractivity contribution in [1.29, 1.82) is 0 Å². The molecule has 0 bridgehead atoms. The summed E-state index contributed by atoms with van der Waals surface area (Å²) in [5.41, 5.74) is 0. The molecule has 1 fully saturated rings. The third kappa shape index (κ3) is 3.58. The van der Waals surface area contributed by atoms with Crippen LogP contribution in [-0.4, -0.2) is 45.5 Å². The highest BCUT2D eigenvalue weighted by molar-refractivity contribution is 5.85. The van der Waals surface area contributed by atoms with Crippen LogP contribution in [-0.2, 0) is 14.4 Å². The van der Waals surface area contributed by atoms with Crippen molar-refractivity contribution in [3.05, 3.63) is 12.7 Å². The van der Waals surface area contributed by atoms with Gasteiger partial charge in [0.15, 0.2) is 0 Å². The highest BCUT2D eigenvalue weighted by Crippen LogP contribution is 2.23. The number of aliphatic carboxylic acids is 2. The van der Waals surface area contributed by atoms with E-state index in [1.165, 1.54) is 4.90 Å². The van der Waals surface area contributed by atoms with Gasteiger partial charge in [-0.2, -0.15) is 0 Å². The van der Waals surface area contributed by atoms with Crippen LogP contribution in [0, 0.1) is 5.92 Å². The van der Waals surface area contributed by atoms with Crippen molar-refractivity contribution in [3.8, 4) is 0 Å². The van der Waals surface area contributed by atoms with Gasteiger partial charge in [-0.15, -0.1) is 6.58 Å². The zero-order valence-corrected chi connectivity index (χ0v) is 10.0. The first-order valence-electron chi connectivity index (χ1n) is 5.82. The van der Waals surface area contributed by atoms with Crippen molar-refractivity contribution in [3.63, 3.8) is 0 Å². The Bertz CT molecular complexity index is 365. The fourth-order valence-corrected chi connectivity index (χ4v) is 2.08. The molecule has 0 saturated carbocycles. The molecule has 6 heteroatoms. The minimum Gasteiger partial charge on any atom is -0.481 e. The average Bonchev–Trinajstić information content (AvgIpc) is 2.65. The monoisotopic (exact) mass is 255 g/mol. The quantitative estimate of drug-likeness (QED) is 0.654. The fraction of sp³-hybridized carbons (Fsp3) is 0.583. The molecule has 1 amide bonds. The number of carboxylic acid groups (broad SMARTS) is 2. The number of rotatable bonds is 7. The van der Waals surface area contributed by atoms with Gasteiger partial charge >= 0.3 is 11.9 Å². The standard InChI is InChI=1S/C12H17NO5/c1-2-8-6-10(14)13(7-8)9(12(17)18)4-3-5-11(15)16/h2,8-9H,1,3-7H2,(H,15,16)(H,17,18)/t8?,9-/m1/s1. The lowest BCUT2D eigenvalue weighted by molar-refractivity contribution is -0.149. The summed E-state index contributed by atoms with van der Waals surface area (Å²) in [7, 11) is 0. The van der Waals surface area contributed by atoms with E-state index in [4.69, 9.17) is 10.2 Å². The van der Waals surface area contributed by atoms with Gasteiger partial charge in [0.05, 0.1) is 0 Å². The minimum absolute atomic E-state index is 0.0150. The summed E-state index contributed by atoms with van der Waals surface area (Å²) < 4.78 is 0. The summed E-state index contributed by atoms with van der Waals surface area (Å²) in [5.74, 6) is -2.27. The molecule has 1 rings (SSSR count). The van der Waals surface area contributed by atoms with Gasteiger partial charge in [-0.3, -0.25) is 9.59 Å². The van der Waals surface area contributed by atoms with Crippen LogP contribution in [0.1, 0.15) is 25.7 Å². The van der Waals surface area contributed by atoms with E-state index < -0.39 is 18.0 Å². The Morgan fingerprint density at radius 3 is 2.61 bits per heavy atom. The third-order valence-electron chi connectivity index (χ3n) is 3.05. The predicted octanol–water partition coefficient (Wildman–Crippen LogP) is 0.729. The number of carboxylic acids is 2. The van der Waals surface area contributed by atoms with E-state index in [0.717, 1.165) is 0 Å². The zero-order chi connectivity index (χ0) is 13.7. The van der Waals surface area contributed by atoms with Gasteiger partial charge in [0.2, 0.25) is 5.91 Å². The Labute approximate surface area is 105 Å². The summed E-state index contributed by atoms with van der Waals surface area (Å²) in [6.45, 7) is 3.95. The average molecular weight is 255 g/mol. The number of likely N-dealkylation sites (tertiary alicyclic amines) is 1. The summed E-state index contributed by atoms with van der Waals surface area (Å²) in [6, 6.07) is -0.929. The minimum atomic E-state index is -1.08. The second-order valence-corrected chi connectivity index (χ2v) is 4.39. The van der Waals surface area contributed by atoms with Gasteiger partial charge in [-0.05, 0) is 12.8 Å². The molecule has 6 nitrogen and oxygen atoms in total. The van der Waals surface area contributed by atoms with Crippen LogP contribution in [0.2, 0.25) is 0 Å². The molecule has 1 aliphatic rings. The Morgan fingerprint density at radius 2 is 2.17 bits per heavy atom. The first-order valence-corrected chi connectivity index (χ1v) is 5.82. The van der Waals surface area contributed by atoms with E-state index in [2.05, 4.69) is 6.58 Å². The van der Waals surface area contributed by atoms with Crippen molar-refractivity contribution in [1.82, 2.24) is 4.90 Å². The van der Waals surface area contributed by atoms with Gasteiger partial charge < -0.3 is 15.1 Å². The van der Waals surface area contributed by atoms with Crippen molar-refractivity contribution in [2.45, 2.75) is 31.7 Å². The van der Waals surface area contributed by atoms with E-state index in [0.29, 0.717) is 6.54 Å². The molecular formula is C12H17NO5. The number of hydrogen-bond acceptors (Lipinski definition) is 3. The topological polar surface area (TPSA) is 94.9 Å². The lowest BCUT2D eigenvalue weighted by Crippen LogP contribution is -2.42. The van der Waals surface area contributed by atoms with Gasteiger partial charge in [0.1, 0.15) is 6.04 Å². The van der Waals surface area contributed by atoms with E-state index in [9.17, 15) is 14.4 Å². The van der Waals surface area contributed by atoms with Crippen LogP contribution in [0.5, 0.6) is 0 Å². The number of amides is 1. The second-order valence-electron chi connectivity index (χ2n) is 4.39. The number of carbonyl (C=O) groups is 3. The SMILES string of the molecule is C=CC1CC(=O)N([C@H](CCCC(=O)O)C(=O)O)C1. The molecule has 0 aliphatic carbocycles. The summed E-state index contributed by atoms with van der Waals surface area (Å²) in [6.07, 6.45) is 2.25. The van der Waals surface area contributed by atoms with Gasteiger partial charge in [-0.1, -0.05) is 6.08 Å². The van der Waals surface area contributed by atoms with Gasteiger partial charge in [-0.25, -0.2) is 4.79 Å². The lowest BCUT2D eigenvalue weighted by Gasteiger charge is -2.24. The molecule has 0 radical (unpaired) electrons. The van der Waals surface area contributed by atoms with Gasteiger partial charge in [0, 0.05) is 25.3 Å². The zero-order valence-electron chi connectivity index (χ0n) is 10.0. The van der Waals surface area contributed by atoms with Crippen LogP contribution in [0.4, 0.5) is 0 Å². The first-order chi connectivity index (χ1) is 8.45. The van der Waals surface area contributed by atoms with E-state index >= 15 is 0 Å². The Kier molecular flexibility index (Phi) is 4.88. The molecule has 1 heterocycles. The molecule has 0 aromatic carbocycles. The van der Waals surface area contributed by atoms with Gasteiger partial charge in [0.25, 0.3) is 0 Å². The Balaban J connectivity index is 2.61. The Morgan fingerprint density at radius 1 is 1.50 bits per heavy atom.